The third-order valence-electron chi connectivity index (χ3n) is 3.68. The Morgan fingerprint density at radius 3 is 2.54 bits per heavy atom. The molecule has 0 bridgehead atoms. The lowest BCUT2D eigenvalue weighted by Crippen LogP contribution is -2.42. The second kappa shape index (κ2) is 7.16. The highest BCUT2D eigenvalue weighted by atomic mass is 35.5. The minimum Gasteiger partial charge on any atom is -0.508 e. The van der Waals surface area contributed by atoms with Crippen molar-refractivity contribution in [2.45, 2.75) is 3.54 Å². The number of rotatable bonds is 2. The highest BCUT2D eigenvalue weighted by Gasteiger charge is 2.37. The molecule has 0 radical (unpaired) electrons. The number of hydrogen-bond acceptors (Lipinski definition) is 6. The number of phenols is 1. The number of aliphatic imine (C=N–C) groups is 1. The number of benzodiazepines with no additional fused rings is 1. The van der Waals surface area contributed by atoms with E-state index in [0.29, 0.717) is 0 Å². The molecule has 1 aliphatic rings. The van der Waals surface area contributed by atoms with Crippen LogP contribution < -0.4 is 4.90 Å². The van der Waals surface area contributed by atoms with Crippen LogP contribution in [0.3, 0.4) is 0 Å². The molecule has 0 saturated heterocycles. The van der Waals surface area contributed by atoms with E-state index in [9.17, 15) is 14.3 Å². The molecule has 26 heavy (non-hydrogen) atoms. The zero-order valence-corrected chi connectivity index (χ0v) is 17.0. The van der Waals surface area contributed by atoms with E-state index in [1.165, 1.54) is 29.2 Å². The summed E-state index contributed by atoms with van der Waals surface area (Å²) in [7, 11) is 0. The summed E-state index contributed by atoms with van der Waals surface area (Å²) >= 11 is 25.2. The van der Waals surface area contributed by atoms with Gasteiger partial charge in [-0.2, -0.15) is 0 Å². The largest absolute Gasteiger partial charge is 0.508 e. The quantitative estimate of drug-likeness (QED) is 0.405. The zero-order valence-electron chi connectivity index (χ0n) is 12.8. The zero-order chi connectivity index (χ0) is 19.2. The summed E-state index contributed by atoms with van der Waals surface area (Å²) < 4.78 is 13.0. The van der Waals surface area contributed by atoms with Crippen molar-refractivity contribution in [1.29, 1.82) is 0 Å². The molecule has 0 aliphatic carbocycles. The van der Waals surface area contributed by atoms with Crippen LogP contribution in [0.15, 0.2) is 35.3 Å². The minimum absolute atomic E-state index is 0.0202. The number of fused-ring (bicyclic) bond motifs is 1. The van der Waals surface area contributed by atoms with Crippen LogP contribution in [0.5, 0.6) is 5.75 Å². The van der Waals surface area contributed by atoms with Gasteiger partial charge in [-0.05, 0) is 30.3 Å². The second-order valence-electron chi connectivity index (χ2n) is 5.41. The van der Waals surface area contributed by atoms with E-state index in [0.717, 1.165) is 6.07 Å². The molecular formula is C16H11Cl2FN2O2S3. The molecule has 136 valence electrons. The third-order valence-corrected chi connectivity index (χ3v) is 5.08. The Balaban J connectivity index is 2.36. The number of thiol groups is 3. The standard InChI is InChI=1S/C16H11Cl2FN2O2S3/c17-9-2-4-11-13(14(9)18)15(8-5-7(22)1-3-10(8)19)20-6-12(23)21(11)16(24,25)26/h1-5,22,24-26H,6H2. The van der Waals surface area contributed by atoms with Gasteiger partial charge in [0, 0.05) is 11.1 Å². The molecule has 0 saturated carbocycles. The first-order valence-corrected chi connectivity index (χ1v) is 9.23. The van der Waals surface area contributed by atoms with Crippen LogP contribution in [0, 0.1) is 5.82 Å². The molecule has 4 nitrogen and oxygen atoms in total. The Kier molecular flexibility index (Phi) is 5.43. The molecular weight excluding hydrogens is 438 g/mol. The first-order chi connectivity index (χ1) is 12.1. The van der Waals surface area contributed by atoms with E-state index in [2.05, 4.69) is 42.9 Å². The molecule has 1 aliphatic heterocycles. The van der Waals surface area contributed by atoms with Crippen molar-refractivity contribution in [2.24, 2.45) is 4.99 Å². The van der Waals surface area contributed by atoms with Crippen LogP contribution >= 0.6 is 61.1 Å². The maximum Gasteiger partial charge on any atom is 0.251 e. The molecule has 0 atom stereocenters. The van der Waals surface area contributed by atoms with Gasteiger partial charge in [0.15, 0.2) is 3.54 Å². The monoisotopic (exact) mass is 448 g/mol. The molecule has 2 aromatic rings. The van der Waals surface area contributed by atoms with Gasteiger partial charge in [-0.3, -0.25) is 14.7 Å². The van der Waals surface area contributed by atoms with Gasteiger partial charge in [0.05, 0.1) is 21.4 Å². The summed E-state index contributed by atoms with van der Waals surface area (Å²) in [4.78, 5) is 18.0. The van der Waals surface area contributed by atoms with Crippen LogP contribution in [-0.2, 0) is 4.79 Å². The van der Waals surface area contributed by atoms with Crippen molar-refractivity contribution in [3.63, 3.8) is 0 Å². The second-order valence-corrected chi connectivity index (χ2v) is 9.20. The number of anilines is 1. The number of halogens is 3. The van der Waals surface area contributed by atoms with Crippen molar-refractivity contribution >= 4 is 78.4 Å². The Bertz CT molecular complexity index is 948. The number of nitrogens with zero attached hydrogens (tertiary/aromatic N) is 2. The average molecular weight is 449 g/mol. The van der Waals surface area contributed by atoms with Gasteiger partial charge < -0.3 is 5.11 Å². The lowest BCUT2D eigenvalue weighted by atomic mass is 9.99. The molecule has 1 N–H and O–H groups in total. The number of hydrogen-bond donors (Lipinski definition) is 4. The van der Waals surface area contributed by atoms with Gasteiger partial charge in [0.1, 0.15) is 18.1 Å². The molecule has 0 fully saturated rings. The summed E-state index contributed by atoms with van der Waals surface area (Å²) in [5.41, 5.74) is 0.545. The maximum atomic E-state index is 14.4. The summed E-state index contributed by atoms with van der Waals surface area (Å²) in [6.45, 7) is -0.323. The van der Waals surface area contributed by atoms with E-state index in [1.807, 2.05) is 0 Å². The topological polar surface area (TPSA) is 52.9 Å². The van der Waals surface area contributed by atoms with Gasteiger partial charge in [-0.1, -0.05) is 23.2 Å². The molecule has 0 spiro atoms. The SMILES string of the molecule is O=C1CN=C(c2cc(O)ccc2F)c2c(ccc(Cl)c2Cl)N1C(S)(S)S. The molecule has 2 aromatic carbocycles. The smallest absolute Gasteiger partial charge is 0.251 e. The lowest BCUT2D eigenvalue weighted by Gasteiger charge is -2.33. The van der Waals surface area contributed by atoms with Gasteiger partial charge in [-0.25, -0.2) is 4.39 Å². The fourth-order valence-corrected chi connectivity index (χ4v) is 3.69. The van der Waals surface area contributed by atoms with Gasteiger partial charge >= 0.3 is 0 Å². The number of phenolic OH excluding ortho intramolecular Hbond substituents is 1. The van der Waals surface area contributed by atoms with E-state index < -0.39 is 15.3 Å². The number of carbonyl (C=O) groups excluding carboxylic acids is 1. The maximum absolute atomic E-state index is 14.4. The van der Waals surface area contributed by atoms with E-state index in [4.69, 9.17) is 23.2 Å². The van der Waals surface area contributed by atoms with Crippen molar-refractivity contribution in [3.05, 3.63) is 57.3 Å². The van der Waals surface area contributed by atoms with Crippen LogP contribution in [0.4, 0.5) is 10.1 Å². The van der Waals surface area contributed by atoms with Crippen molar-refractivity contribution in [2.75, 3.05) is 11.4 Å². The minimum atomic E-state index is -1.47. The van der Waals surface area contributed by atoms with Crippen LogP contribution in [0.25, 0.3) is 0 Å². The van der Waals surface area contributed by atoms with Gasteiger partial charge in [0.2, 0.25) is 0 Å². The highest BCUT2D eigenvalue weighted by molar-refractivity contribution is 8.17. The number of amides is 1. The van der Waals surface area contributed by atoms with E-state index in [1.54, 1.807) is 0 Å². The Labute approximate surface area is 175 Å². The predicted molar refractivity (Wildman–Crippen MR) is 112 cm³/mol. The predicted octanol–water partition coefficient (Wildman–Crippen LogP) is 4.42. The normalized spacial score (nSPS) is 14.8. The first-order valence-electron chi connectivity index (χ1n) is 7.13. The molecule has 3 rings (SSSR count). The summed E-state index contributed by atoms with van der Waals surface area (Å²) in [6, 6.07) is 6.51. The van der Waals surface area contributed by atoms with Crippen molar-refractivity contribution in [1.82, 2.24) is 0 Å². The summed E-state index contributed by atoms with van der Waals surface area (Å²) in [5.74, 6) is -1.28. The molecule has 0 unspecified atom stereocenters. The van der Waals surface area contributed by atoms with E-state index in [-0.39, 0.29) is 44.9 Å². The third kappa shape index (κ3) is 3.53. The molecule has 0 aromatic heterocycles. The molecule has 1 amide bonds. The van der Waals surface area contributed by atoms with Crippen LogP contribution in [0.2, 0.25) is 10.0 Å². The Hall–Kier alpha value is -1.06. The number of aromatic hydroxyl groups is 1. The van der Waals surface area contributed by atoms with Crippen molar-refractivity contribution in [3.8, 4) is 5.75 Å². The van der Waals surface area contributed by atoms with Crippen molar-refractivity contribution < 1.29 is 14.3 Å². The number of benzene rings is 2. The fraction of sp³-hybridized carbons (Fsp3) is 0.125. The number of carbonyl (C=O) groups is 1. The van der Waals surface area contributed by atoms with Gasteiger partial charge in [0.25, 0.3) is 5.91 Å². The first kappa shape index (κ1) is 19.7. The molecule has 1 heterocycles. The van der Waals surface area contributed by atoms with E-state index >= 15 is 0 Å². The van der Waals surface area contributed by atoms with Crippen LogP contribution in [-0.4, -0.2) is 26.8 Å². The van der Waals surface area contributed by atoms with Gasteiger partial charge in [-0.15, -0.1) is 37.9 Å². The Morgan fingerprint density at radius 2 is 1.88 bits per heavy atom. The molecule has 10 heteroatoms. The lowest BCUT2D eigenvalue weighted by molar-refractivity contribution is -0.117. The fourth-order valence-electron chi connectivity index (χ4n) is 2.63. The average Bonchev–Trinajstić information content (AvgIpc) is 2.69. The van der Waals surface area contributed by atoms with Crippen LogP contribution in [0.1, 0.15) is 11.1 Å². The highest BCUT2D eigenvalue weighted by Crippen LogP contribution is 2.43. The summed E-state index contributed by atoms with van der Waals surface area (Å²) in [5, 5.41) is 10.0. The Morgan fingerprint density at radius 1 is 1.19 bits per heavy atom. The summed E-state index contributed by atoms with van der Waals surface area (Å²) in [6.07, 6.45) is 0.